The van der Waals surface area contributed by atoms with E-state index in [2.05, 4.69) is 10.3 Å². The third-order valence-electron chi connectivity index (χ3n) is 4.28. The van der Waals surface area contributed by atoms with Crippen molar-refractivity contribution >= 4 is 16.7 Å². The Bertz CT molecular complexity index is 669. The Morgan fingerprint density at radius 3 is 2.77 bits per heavy atom. The molecule has 1 aromatic heterocycles. The first kappa shape index (κ1) is 14.9. The Kier molecular flexibility index (Phi) is 4.36. The largest absolute Gasteiger partial charge is 0.390 e. The van der Waals surface area contributed by atoms with E-state index in [1.54, 1.807) is 6.20 Å². The predicted molar refractivity (Wildman–Crippen MR) is 83.5 cm³/mol. The molecular weight excluding hydrogens is 280 g/mol. The van der Waals surface area contributed by atoms with Crippen LogP contribution in [0.25, 0.3) is 10.8 Å². The van der Waals surface area contributed by atoms with Crippen LogP contribution in [0.15, 0.2) is 36.5 Å². The smallest absolute Gasteiger partial charge is 0.270 e. The SMILES string of the molecule is O=C(N[C@@H]1CCCC[C@@H](O)[C@@H]1O)c1nccc2ccccc12. The van der Waals surface area contributed by atoms with E-state index < -0.39 is 18.2 Å². The van der Waals surface area contributed by atoms with Crippen LogP contribution in [0.1, 0.15) is 36.2 Å². The van der Waals surface area contributed by atoms with Gasteiger partial charge in [-0.2, -0.15) is 0 Å². The molecule has 1 aliphatic rings. The molecule has 1 saturated carbocycles. The lowest BCUT2D eigenvalue weighted by atomic mass is 10.0. The van der Waals surface area contributed by atoms with E-state index in [0.29, 0.717) is 18.5 Å². The quantitative estimate of drug-likeness (QED) is 0.736. The standard InChI is InChI=1S/C17H20N2O3/c20-14-8-4-3-7-13(16(14)21)19-17(22)15-12-6-2-1-5-11(12)9-10-18-15/h1-2,5-6,9-10,13-14,16,20-21H,3-4,7-8H2,(H,19,22)/t13-,14-,16-/m1/s1. The molecular formula is C17H20N2O3. The van der Waals surface area contributed by atoms with Crippen LogP contribution < -0.4 is 5.32 Å². The predicted octanol–water partition coefficient (Wildman–Crippen LogP) is 1.63. The van der Waals surface area contributed by atoms with E-state index in [1.807, 2.05) is 30.3 Å². The summed E-state index contributed by atoms with van der Waals surface area (Å²) in [6.45, 7) is 0. The van der Waals surface area contributed by atoms with Gasteiger partial charge in [-0.3, -0.25) is 9.78 Å². The second-order valence-electron chi connectivity index (χ2n) is 5.80. The maximum Gasteiger partial charge on any atom is 0.270 e. The van der Waals surface area contributed by atoms with Crippen molar-refractivity contribution in [1.29, 1.82) is 0 Å². The van der Waals surface area contributed by atoms with Crippen molar-refractivity contribution in [2.45, 2.75) is 43.9 Å². The van der Waals surface area contributed by atoms with Gasteiger partial charge in [0.25, 0.3) is 5.91 Å². The van der Waals surface area contributed by atoms with Gasteiger partial charge < -0.3 is 15.5 Å². The van der Waals surface area contributed by atoms with Gasteiger partial charge >= 0.3 is 0 Å². The van der Waals surface area contributed by atoms with Crippen LogP contribution in [-0.2, 0) is 0 Å². The zero-order valence-electron chi connectivity index (χ0n) is 12.3. The summed E-state index contributed by atoms with van der Waals surface area (Å²) >= 11 is 0. The van der Waals surface area contributed by atoms with Gasteiger partial charge in [0.05, 0.1) is 18.2 Å². The Hall–Kier alpha value is -1.98. The molecule has 1 fully saturated rings. The number of fused-ring (bicyclic) bond motifs is 1. The highest BCUT2D eigenvalue weighted by Crippen LogP contribution is 2.20. The number of rotatable bonds is 2. The molecule has 5 heteroatoms. The number of aromatic nitrogens is 1. The van der Waals surface area contributed by atoms with Gasteiger partial charge in [0.1, 0.15) is 5.69 Å². The maximum atomic E-state index is 12.5. The molecule has 0 aliphatic heterocycles. The van der Waals surface area contributed by atoms with Gasteiger partial charge in [0.15, 0.2) is 0 Å². The van der Waals surface area contributed by atoms with Gasteiger partial charge in [-0.15, -0.1) is 0 Å². The summed E-state index contributed by atoms with van der Waals surface area (Å²) in [5.41, 5.74) is 0.351. The number of benzene rings is 1. The Morgan fingerprint density at radius 1 is 1.14 bits per heavy atom. The number of aliphatic hydroxyl groups is 2. The van der Waals surface area contributed by atoms with Crippen LogP contribution in [0.2, 0.25) is 0 Å². The van der Waals surface area contributed by atoms with Gasteiger partial charge in [0, 0.05) is 11.6 Å². The third kappa shape index (κ3) is 2.96. The highest BCUT2D eigenvalue weighted by atomic mass is 16.3. The number of nitrogens with one attached hydrogen (secondary N) is 1. The molecule has 1 amide bonds. The number of amides is 1. The first-order chi connectivity index (χ1) is 10.7. The number of nitrogens with zero attached hydrogens (tertiary/aromatic N) is 1. The highest BCUT2D eigenvalue weighted by molar-refractivity contribution is 6.05. The minimum atomic E-state index is -0.929. The van der Waals surface area contributed by atoms with E-state index in [0.717, 1.165) is 23.6 Å². The summed E-state index contributed by atoms with van der Waals surface area (Å²) in [7, 11) is 0. The van der Waals surface area contributed by atoms with Crippen molar-refractivity contribution in [3.05, 3.63) is 42.2 Å². The lowest BCUT2D eigenvalue weighted by molar-refractivity contribution is -0.00127. The molecule has 0 unspecified atom stereocenters. The number of carbonyl (C=O) groups is 1. The van der Waals surface area contributed by atoms with E-state index >= 15 is 0 Å². The first-order valence-corrected chi connectivity index (χ1v) is 7.67. The van der Waals surface area contributed by atoms with E-state index in [1.165, 1.54) is 0 Å². The van der Waals surface area contributed by atoms with Gasteiger partial charge in [0.2, 0.25) is 0 Å². The fourth-order valence-corrected chi connectivity index (χ4v) is 3.02. The molecule has 0 bridgehead atoms. The van der Waals surface area contributed by atoms with E-state index in [-0.39, 0.29) is 5.91 Å². The van der Waals surface area contributed by atoms with Crippen molar-refractivity contribution in [2.75, 3.05) is 0 Å². The number of hydrogen-bond acceptors (Lipinski definition) is 4. The van der Waals surface area contributed by atoms with Crippen LogP contribution in [-0.4, -0.2) is 39.4 Å². The Balaban J connectivity index is 1.84. The summed E-state index contributed by atoms with van der Waals surface area (Å²) in [6.07, 6.45) is 2.86. The van der Waals surface area contributed by atoms with Crippen molar-refractivity contribution in [3.63, 3.8) is 0 Å². The van der Waals surface area contributed by atoms with Gasteiger partial charge in [-0.1, -0.05) is 37.1 Å². The maximum absolute atomic E-state index is 12.5. The summed E-state index contributed by atoms with van der Waals surface area (Å²) < 4.78 is 0. The molecule has 0 saturated heterocycles. The zero-order chi connectivity index (χ0) is 15.5. The van der Waals surface area contributed by atoms with Crippen LogP contribution in [0.4, 0.5) is 0 Å². The van der Waals surface area contributed by atoms with Crippen LogP contribution >= 0.6 is 0 Å². The summed E-state index contributed by atoms with van der Waals surface area (Å²) in [5.74, 6) is -0.310. The lowest BCUT2D eigenvalue weighted by Crippen LogP contribution is -2.47. The van der Waals surface area contributed by atoms with E-state index in [4.69, 9.17) is 0 Å². The zero-order valence-corrected chi connectivity index (χ0v) is 12.3. The normalized spacial score (nSPS) is 25.6. The molecule has 5 nitrogen and oxygen atoms in total. The van der Waals surface area contributed by atoms with Gasteiger partial charge in [-0.25, -0.2) is 0 Å². The molecule has 0 spiro atoms. The molecule has 2 aromatic rings. The molecule has 1 heterocycles. The molecule has 3 N–H and O–H groups in total. The average molecular weight is 300 g/mol. The van der Waals surface area contributed by atoms with Crippen LogP contribution in [0.5, 0.6) is 0 Å². The minimum Gasteiger partial charge on any atom is -0.390 e. The minimum absolute atomic E-state index is 0.310. The Labute approximate surface area is 129 Å². The van der Waals surface area contributed by atoms with Crippen molar-refractivity contribution in [3.8, 4) is 0 Å². The first-order valence-electron chi connectivity index (χ1n) is 7.67. The Morgan fingerprint density at radius 2 is 1.91 bits per heavy atom. The fourth-order valence-electron chi connectivity index (χ4n) is 3.02. The number of carbonyl (C=O) groups excluding carboxylic acids is 1. The highest BCUT2D eigenvalue weighted by Gasteiger charge is 2.30. The summed E-state index contributed by atoms with van der Waals surface area (Å²) in [5, 5.41) is 24.6. The molecule has 1 aliphatic carbocycles. The lowest BCUT2D eigenvalue weighted by Gasteiger charge is -2.24. The topological polar surface area (TPSA) is 82.5 Å². The second-order valence-corrected chi connectivity index (χ2v) is 5.80. The third-order valence-corrected chi connectivity index (χ3v) is 4.28. The molecule has 22 heavy (non-hydrogen) atoms. The molecule has 3 rings (SSSR count). The number of pyridine rings is 1. The van der Waals surface area contributed by atoms with Crippen molar-refractivity contribution in [2.24, 2.45) is 0 Å². The van der Waals surface area contributed by atoms with Crippen LogP contribution in [0, 0.1) is 0 Å². The second kappa shape index (κ2) is 6.42. The fraction of sp³-hybridized carbons (Fsp3) is 0.412. The summed E-state index contributed by atoms with van der Waals surface area (Å²) in [6, 6.07) is 8.98. The van der Waals surface area contributed by atoms with Crippen molar-refractivity contribution < 1.29 is 15.0 Å². The monoisotopic (exact) mass is 300 g/mol. The van der Waals surface area contributed by atoms with Crippen molar-refractivity contribution in [1.82, 2.24) is 10.3 Å². The summed E-state index contributed by atoms with van der Waals surface area (Å²) in [4.78, 5) is 16.7. The average Bonchev–Trinajstić information content (AvgIpc) is 2.70. The molecule has 3 atom stereocenters. The molecule has 0 radical (unpaired) electrons. The molecule has 1 aromatic carbocycles. The van der Waals surface area contributed by atoms with Gasteiger partial charge in [-0.05, 0) is 24.3 Å². The number of aliphatic hydroxyl groups excluding tert-OH is 2. The molecule has 116 valence electrons. The van der Waals surface area contributed by atoms with E-state index in [9.17, 15) is 15.0 Å². The van der Waals surface area contributed by atoms with Crippen LogP contribution in [0.3, 0.4) is 0 Å². The number of hydrogen-bond donors (Lipinski definition) is 3.